The fourth-order valence-corrected chi connectivity index (χ4v) is 5.18. The van der Waals surface area contributed by atoms with Gasteiger partial charge in [0.25, 0.3) is 5.91 Å². The number of amides is 1. The standard InChI is InChI=1S/C29H25N5O5S/c35-29(31-36)27(19-21-7-3-1-4-8-21)32-40(37,38)26-17-13-23(14-18-26)34-20-28(30-33-34)22-11-15-25(16-12-22)39-24-9-5-2-6-10-24/h1-18,20,27,32,36H,19H2,(H,31,35). The number of nitrogens with zero attached hydrogens (tertiary/aromatic N) is 3. The molecule has 0 saturated carbocycles. The number of para-hydroxylation sites is 1. The number of hydrogen-bond acceptors (Lipinski definition) is 7. The van der Waals surface area contributed by atoms with E-state index in [1.165, 1.54) is 22.3 Å². The zero-order valence-electron chi connectivity index (χ0n) is 21.1. The van der Waals surface area contributed by atoms with Gasteiger partial charge in [-0.3, -0.25) is 10.0 Å². The van der Waals surface area contributed by atoms with E-state index < -0.39 is 22.0 Å². The number of rotatable bonds is 10. The van der Waals surface area contributed by atoms with Crippen molar-refractivity contribution >= 4 is 15.9 Å². The van der Waals surface area contributed by atoms with E-state index in [-0.39, 0.29) is 11.3 Å². The Labute approximate surface area is 230 Å². The molecule has 0 fully saturated rings. The molecule has 5 rings (SSSR count). The second-order valence-electron chi connectivity index (χ2n) is 8.82. The third kappa shape index (κ3) is 6.41. The number of carbonyl (C=O) groups is 1. The van der Waals surface area contributed by atoms with Crippen LogP contribution in [0, 0.1) is 0 Å². The number of benzene rings is 4. The van der Waals surface area contributed by atoms with Crippen molar-refractivity contribution in [1.29, 1.82) is 0 Å². The van der Waals surface area contributed by atoms with Crippen LogP contribution in [0.4, 0.5) is 0 Å². The molecular weight excluding hydrogens is 530 g/mol. The second-order valence-corrected chi connectivity index (χ2v) is 10.5. The lowest BCUT2D eigenvalue weighted by molar-refractivity contribution is -0.130. The average Bonchev–Trinajstić information content (AvgIpc) is 3.48. The smallest absolute Gasteiger partial charge is 0.261 e. The number of hydrogen-bond donors (Lipinski definition) is 3. The number of nitrogens with one attached hydrogen (secondary N) is 2. The molecule has 40 heavy (non-hydrogen) atoms. The molecule has 0 aliphatic heterocycles. The molecule has 202 valence electrons. The lowest BCUT2D eigenvalue weighted by atomic mass is 10.1. The number of ether oxygens (including phenoxy) is 1. The maximum absolute atomic E-state index is 13.0. The molecular formula is C29H25N5O5S. The van der Waals surface area contributed by atoms with Gasteiger partial charge in [0, 0.05) is 5.56 Å². The summed E-state index contributed by atoms with van der Waals surface area (Å²) in [5, 5.41) is 17.5. The first-order valence-electron chi connectivity index (χ1n) is 12.3. The van der Waals surface area contributed by atoms with Crippen molar-refractivity contribution < 1.29 is 23.2 Å². The molecule has 1 amide bonds. The fraction of sp³-hybridized carbons (Fsp3) is 0.0690. The highest BCUT2D eigenvalue weighted by atomic mass is 32.2. The molecule has 1 heterocycles. The maximum atomic E-state index is 13.0. The largest absolute Gasteiger partial charge is 0.457 e. The lowest BCUT2D eigenvalue weighted by Gasteiger charge is -2.17. The predicted molar refractivity (Wildman–Crippen MR) is 147 cm³/mol. The zero-order chi connectivity index (χ0) is 28.0. The summed E-state index contributed by atoms with van der Waals surface area (Å²) in [6, 6.07) is 30.6. The summed E-state index contributed by atoms with van der Waals surface area (Å²) >= 11 is 0. The SMILES string of the molecule is O=C(NO)C(Cc1ccccc1)NS(=O)(=O)c1ccc(-n2cc(-c3ccc(Oc4ccccc4)cc3)nn2)cc1. The Kier molecular flexibility index (Phi) is 7.97. The quantitative estimate of drug-likeness (QED) is 0.174. The van der Waals surface area contributed by atoms with Crippen LogP contribution in [-0.4, -0.2) is 40.6 Å². The summed E-state index contributed by atoms with van der Waals surface area (Å²) in [5.41, 5.74) is 4.32. The van der Waals surface area contributed by atoms with Gasteiger partial charge < -0.3 is 4.74 Å². The van der Waals surface area contributed by atoms with Crippen LogP contribution < -0.4 is 14.9 Å². The number of carbonyl (C=O) groups excluding carboxylic acids is 1. The second kappa shape index (κ2) is 11.9. The number of sulfonamides is 1. The van der Waals surface area contributed by atoms with E-state index in [4.69, 9.17) is 9.94 Å². The van der Waals surface area contributed by atoms with Crippen LogP contribution in [0.5, 0.6) is 11.5 Å². The third-order valence-electron chi connectivity index (χ3n) is 6.04. The topological polar surface area (TPSA) is 135 Å². The summed E-state index contributed by atoms with van der Waals surface area (Å²) in [5.74, 6) is 0.569. The molecule has 3 N–H and O–H groups in total. The van der Waals surface area contributed by atoms with Gasteiger partial charge >= 0.3 is 0 Å². The molecule has 0 bridgehead atoms. The van der Waals surface area contributed by atoms with Gasteiger partial charge in [0.2, 0.25) is 10.0 Å². The number of hydroxylamine groups is 1. The van der Waals surface area contributed by atoms with Crippen molar-refractivity contribution in [2.75, 3.05) is 0 Å². The van der Waals surface area contributed by atoms with Gasteiger partial charge in [-0.1, -0.05) is 53.7 Å². The van der Waals surface area contributed by atoms with Gasteiger partial charge in [0.05, 0.1) is 16.8 Å². The van der Waals surface area contributed by atoms with Crippen LogP contribution in [-0.2, 0) is 21.2 Å². The van der Waals surface area contributed by atoms with Gasteiger partial charge in [-0.25, -0.2) is 18.6 Å². The van der Waals surface area contributed by atoms with Crippen molar-refractivity contribution in [1.82, 2.24) is 25.2 Å². The average molecular weight is 556 g/mol. The first kappa shape index (κ1) is 26.8. The van der Waals surface area contributed by atoms with E-state index in [2.05, 4.69) is 15.0 Å². The van der Waals surface area contributed by atoms with Crippen LogP contribution >= 0.6 is 0 Å². The molecule has 10 nitrogen and oxygen atoms in total. The molecule has 0 radical (unpaired) electrons. The molecule has 0 spiro atoms. The first-order valence-corrected chi connectivity index (χ1v) is 13.8. The summed E-state index contributed by atoms with van der Waals surface area (Å²) in [7, 11) is -4.08. The summed E-state index contributed by atoms with van der Waals surface area (Å²) in [4.78, 5) is 12.1. The Bertz CT molecular complexity index is 1670. The Morgan fingerprint density at radius 1 is 0.850 bits per heavy atom. The van der Waals surface area contributed by atoms with Crippen LogP contribution in [0.1, 0.15) is 5.56 Å². The lowest BCUT2D eigenvalue weighted by Crippen LogP contribution is -2.47. The molecule has 1 atom stereocenters. The van der Waals surface area contributed by atoms with Crippen molar-refractivity contribution in [3.8, 4) is 28.4 Å². The normalized spacial score (nSPS) is 12.0. The molecule has 1 unspecified atom stereocenters. The molecule has 0 aliphatic rings. The van der Waals surface area contributed by atoms with Crippen LogP contribution in [0.25, 0.3) is 16.9 Å². The molecule has 0 saturated heterocycles. The van der Waals surface area contributed by atoms with E-state index in [9.17, 15) is 13.2 Å². The van der Waals surface area contributed by atoms with Gasteiger partial charge in [-0.2, -0.15) is 4.72 Å². The summed E-state index contributed by atoms with van der Waals surface area (Å²) < 4.78 is 35.8. The monoisotopic (exact) mass is 555 g/mol. The van der Waals surface area contributed by atoms with Crippen molar-refractivity contribution in [2.45, 2.75) is 17.4 Å². The molecule has 0 aliphatic carbocycles. The molecule has 5 aromatic rings. The molecule has 4 aromatic carbocycles. The van der Waals surface area contributed by atoms with Gasteiger partial charge in [-0.05, 0) is 72.6 Å². The minimum atomic E-state index is -4.08. The van der Waals surface area contributed by atoms with Crippen molar-refractivity contribution in [2.24, 2.45) is 0 Å². The van der Waals surface area contributed by atoms with E-state index in [1.807, 2.05) is 60.7 Å². The minimum Gasteiger partial charge on any atom is -0.457 e. The zero-order valence-corrected chi connectivity index (χ0v) is 21.9. The summed E-state index contributed by atoms with van der Waals surface area (Å²) in [6.45, 7) is 0. The minimum absolute atomic E-state index is 0.0469. The van der Waals surface area contributed by atoms with Crippen molar-refractivity contribution in [3.05, 3.63) is 121 Å². The Morgan fingerprint density at radius 2 is 1.48 bits per heavy atom. The molecule has 1 aromatic heterocycles. The highest BCUT2D eigenvalue weighted by Crippen LogP contribution is 2.25. The fourth-order valence-electron chi connectivity index (χ4n) is 3.99. The Hall–Kier alpha value is -4.84. The van der Waals surface area contributed by atoms with E-state index in [1.54, 1.807) is 42.6 Å². The van der Waals surface area contributed by atoms with E-state index in [0.717, 1.165) is 16.9 Å². The third-order valence-corrected chi connectivity index (χ3v) is 7.53. The molecule has 11 heteroatoms. The van der Waals surface area contributed by atoms with Gasteiger partial charge in [0.15, 0.2) is 0 Å². The number of aromatic nitrogens is 3. The van der Waals surface area contributed by atoms with E-state index >= 15 is 0 Å². The van der Waals surface area contributed by atoms with Crippen LogP contribution in [0.15, 0.2) is 120 Å². The van der Waals surface area contributed by atoms with Crippen LogP contribution in [0.3, 0.4) is 0 Å². The summed E-state index contributed by atoms with van der Waals surface area (Å²) in [6.07, 6.45) is 1.79. The van der Waals surface area contributed by atoms with Crippen LogP contribution in [0.2, 0.25) is 0 Å². The van der Waals surface area contributed by atoms with E-state index in [0.29, 0.717) is 17.1 Å². The highest BCUT2D eigenvalue weighted by molar-refractivity contribution is 7.89. The maximum Gasteiger partial charge on any atom is 0.261 e. The van der Waals surface area contributed by atoms with Gasteiger partial charge in [0.1, 0.15) is 23.2 Å². The first-order chi connectivity index (χ1) is 19.4. The Morgan fingerprint density at radius 3 is 2.12 bits per heavy atom. The highest BCUT2D eigenvalue weighted by Gasteiger charge is 2.26. The Balaban J connectivity index is 1.28. The van der Waals surface area contributed by atoms with Crippen molar-refractivity contribution in [3.63, 3.8) is 0 Å². The van der Waals surface area contributed by atoms with Gasteiger partial charge in [-0.15, -0.1) is 5.10 Å². The predicted octanol–water partition coefficient (Wildman–Crippen LogP) is 4.12.